The molecule has 0 radical (unpaired) electrons. The van der Waals surface area contributed by atoms with Crippen LogP contribution in [0.1, 0.15) is 50.2 Å². The Balaban J connectivity index is 0. The first-order chi connectivity index (χ1) is 9.79. The number of benzene rings is 1. The molecule has 0 aromatic heterocycles. The molecule has 1 aromatic carbocycles. The van der Waals surface area contributed by atoms with Crippen molar-refractivity contribution in [3.63, 3.8) is 0 Å². The van der Waals surface area contributed by atoms with Crippen LogP contribution in [0.25, 0.3) is 12.2 Å². The number of hydrogen-bond donors (Lipinski definition) is 0. The Bertz CT molecular complexity index is 333. The van der Waals surface area contributed by atoms with Crippen LogP contribution >= 0.6 is 0 Å². The summed E-state index contributed by atoms with van der Waals surface area (Å²) in [6, 6.07) is 8.02. The third-order valence-electron chi connectivity index (χ3n) is 2.70. The van der Waals surface area contributed by atoms with Gasteiger partial charge in [0.1, 0.15) is 0 Å². The fraction of sp³-hybridized carbons (Fsp3) is 0.300. The zero-order chi connectivity index (χ0) is 15.6. The topological polar surface area (TPSA) is 0 Å². The number of hydrogen-bond acceptors (Lipinski definition) is 0. The van der Waals surface area contributed by atoms with Crippen LogP contribution in [0.5, 0.6) is 0 Å². The zero-order valence-corrected chi connectivity index (χ0v) is 13.1. The highest BCUT2D eigenvalue weighted by Crippen LogP contribution is 2.10. The molecular formula is C20H30. The normalized spacial score (nSPS) is 8.25. The van der Waals surface area contributed by atoms with Crippen LogP contribution in [0.4, 0.5) is 0 Å². The van der Waals surface area contributed by atoms with E-state index in [0.29, 0.717) is 0 Å². The number of allylic oxidation sites excluding steroid dienone is 1. The van der Waals surface area contributed by atoms with Gasteiger partial charge in [-0.2, -0.15) is 0 Å². The molecule has 1 rings (SSSR count). The monoisotopic (exact) mass is 270 g/mol. The second-order valence-corrected chi connectivity index (χ2v) is 4.18. The Kier molecular flexibility index (Phi) is 17.6. The predicted molar refractivity (Wildman–Crippen MR) is 96.8 cm³/mol. The average Bonchev–Trinajstić information content (AvgIpc) is 2.54. The lowest BCUT2D eigenvalue weighted by molar-refractivity contribution is 0.675. The molecule has 0 N–H and O–H groups in total. The molecule has 0 bridgehead atoms. The van der Waals surface area contributed by atoms with E-state index >= 15 is 0 Å². The van der Waals surface area contributed by atoms with Crippen LogP contribution in [-0.2, 0) is 0 Å². The summed E-state index contributed by atoms with van der Waals surface area (Å²) in [6.45, 7) is 19.3. The largest absolute Gasteiger partial charge is 0.106 e. The Morgan fingerprint density at radius 3 is 1.70 bits per heavy atom. The third-order valence-corrected chi connectivity index (χ3v) is 2.70. The Morgan fingerprint density at radius 2 is 1.35 bits per heavy atom. The van der Waals surface area contributed by atoms with Gasteiger partial charge in [0.05, 0.1) is 0 Å². The lowest BCUT2D eigenvalue weighted by Gasteiger charge is -1.96. The first kappa shape index (κ1) is 20.5. The standard InChI is InChI=1S/C10H10.C8H16.C2H4/c1-3-9-7-5-6-8-10(9)4-2;1-3-5-7-8-6-4-2;1-2/h3-8H,1-2H2;3H,1,4-8H2,2H3;1-2H2. The van der Waals surface area contributed by atoms with Gasteiger partial charge in [-0.3, -0.25) is 0 Å². The molecule has 110 valence electrons. The quantitative estimate of drug-likeness (QED) is 0.372. The molecule has 0 atom stereocenters. The minimum Gasteiger partial charge on any atom is -0.106 e. The molecule has 0 saturated carbocycles. The van der Waals surface area contributed by atoms with Crippen LogP contribution in [0.2, 0.25) is 0 Å². The first-order valence-corrected chi connectivity index (χ1v) is 7.24. The zero-order valence-electron chi connectivity index (χ0n) is 13.1. The highest BCUT2D eigenvalue weighted by atomic mass is 13.9. The van der Waals surface area contributed by atoms with Crippen LogP contribution in [-0.4, -0.2) is 0 Å². The molecule has 0 aliphatic heterocycles. The van der Waals surface area contributed by atoms with Gasteiger partial charge in [0.25, 0.3) is 0 Å². The fourth-order valence-corrected chi connectivity index (χ4v) is 1.60. The summed E-state index contributed by atoms with van der Waals surface area (Å²) in [5.41, 5.74) is 2.27. The van der Waals surface area contributed by atoms with E-state index in [1.165, 1.54) is 32.1 Å². The third kappa shape index (κ3) is 11.3. The predicted octanol–water partition coefficient (Wildman–Crippen LogP) is 6.92. The van der Waals surface area contributed by atoms with E-state index in [2.05, 4.69) is 39.8 Å². The molecular weight excluding hydrogens is 240 g/mol. The smallest absolute Gasteiger partial charge is 0.0190 e. The lowest BCUT2D eigenvalue weighted by Crippen LogP contribution is -1.76. The minimum atomic E-state index is 1.14. The van der Waals surface area contributed by atoms with Gasteiger partial charge in [-0.25, -0.2) is 0 Å². The van der Waals surface area contributed by atoms with Gasteiger partial charge in [-0.1, -0.05) is 81.8 Å². The molecule has 0 amide bonds. The Labute approximate surface area is 126 Å². The van der Waals surface area contributed by atoms with Crippen molar-refractivity contribution in [1.82, 2.24) is 0 Å². The highest BCUT2D eigenvalue weighted by molar-refractivity contribution is 5.63. The molecule has 0 saturated heterocycles. The minimum absolute atomic E-state index is 1.14. The van der Waals surface area contributed by atoms with Gasteiger partial charge < -0.3 is 0 Å². The molecule has 0 aliphatic carbocycles. The van der Waals surface area contributed by atoms with Crippen molar-refractivity contribution in [3.05, 3.63) is 74.4 Å². The molecule has 0 aliphatic rings. The second kappa shape index (κ2) is 17.2. The summed E-state index contributed by atoms with van der Waals surface area (Å²) >= 11 is 0. The number of unbranched alkanes of at least 4 members (excludes halogenated alkanes) is 4. The van der Waals surface area contributed by atoms with E-state index in [-0.39, 0.29) is 0 Å². The van der Waals surface area contributed by atoms with Gasteiger partial charge in [-0.15, -0.1) is 19.7 Å². The maximum Gasteiger partial charge on any atom is -0.0190 e. The van der Waals surface area contributed by atoms with Crippen molar-refractivity contribution in [1.29, 1.82) is 0 Å². The molecule has 20 heavy (non-hydrogen) atoms. The van der Waals surface area contributed by atoms with Crippen molar-refractivity contribution in [2.24, 2.45) is 0 Å². The first-order valence-electron chi connectivity index (χ1n) is 7.24. The van der Waals surface area contributed by atoms with Crippen LogP contribution in [0.15, 0.2) is 63.2 Å². The van der Waals surface area contributed by atoms with Gasteiger partial charge >= 0.3 is 0 Å². The Hall–Kier alpha value is -1.82. The van der Waals surface area contributed by atoms with Crippen molar-refractivity contribution in [2.45, 2.75) is 39.0 Å². The van der Waals surface area contributed by atoms with Crippen molar-refractivity contribution < 1.29 is 0 Å². The molecule has 0 spiro atoms. The van der Waals surface area contributed by atoms with Crippen molar-refractivity contribution in [2.75, 3.05) is 0 Å². The van der Waals surface area contributed by atoms with E-state index < -0.39 is 0 Å². The summed E-state index contributed by atoms with van der Waals surface area (Å²) in [5.74, 6) is 0. The van der Waals surface area contributed by atoms with Gasteiger partial charge in [-0.05, 0) is 24.0 Å². The number of rotatable bonds is 7. The molecule has 1 aromatic rings. The summed E-state index contributed by atoms with van der Waals surface area (Å²) in [7, 11) is 0. The van der Waals surface area contributed by atoms with E-state index in [0.717, 1.165) is 11.1 Å². The second-order valence-electron chi connectivity index (χ2n) is 4.18. The van der Waals surface area contributed by atoms with Gasteiger partial charge in [0.15, 0.2) is 0 Å². The summed E-state index contributed by atoms with van der Waals surface area (Å²) < 4.78 is 0. The van der Waals surface area contributed by atoms with E-state index in [1.54, 1.807) is 0 Å². The molecule has 0 nitrogen and oxygen atoms in total. The molecule has 0 fully saturated rings. The van der Waals surface area contributed by atoms with Crippen LogP contribution < -0.4 is 0 Å². The maximum absolute atomic E-state index is 3.69. The van der Waals surface area contributed by atoms with Gasteiger partial charge in [0.2, 0.25) is 0 Å². The fourth-order valence-electron chi connectivity index (χ4n) is 1.60. The average molecular weight is 270 g/mol. The molecule has 0 heteroatoms. The summed E-state index contributed by atoms with van der Waals surface area (Å²) in [4.78, 5) is 0. The van der Waals surface area contributed by atoms with Crippen LogP contribution in [0, 0.1) is 0 Å². The summed E-state index contributed by atoms with van der Waals surface area (Å²) in [6.07, 6.45) is 12.3. The Morgan fingerprint density at radius 1 is 0.850 bits per heavy atom. The van der Waals surface area contributed by atoms with Crippen LogP contribution in [0.3, 0.4) is 0 Å². The van der Waals surface area contributed by atoms with Gasteiger partial charge in [0, 0.05) is 0 Å². The lowest BCUT2D eigenvalue weighted by atomic mass is 10.1. The summed E-state index contributed by atoms with van der Waals surface area (Å²) in [5, 5.41) is 0. The van der Waals surface area contributed by atoms with Crippen molar-refractivity contribution in [3.8, 4) is 0 Å². The maximum atomic E-state index is 3.69. The highest BCUT2D eigenvalue weighted by Gasteiger charge is 1.89. The van der Waals surface area contributed by atoms with E-state index in [1.807, 2.05) is 42.5 Å². The molecule has 0 heterocycles. The van der Waals surface area contributed by atoms with E-state index in [4.69, 9.17) is 0 Å². The van der Waals surface area contributed by atoms with E-state index in [9.17, 15) is 0 Å². The van der Waals surface area contributed by atoms with Crippen molar-refractivity contribution >= 4 is 12.2 Å². The SMILES string of the molecule is C=C.C=CCCCCCC.C=Cc1ccccc1C=C. The molecule has 0 unspecified atom stereocenters.